The van der Waals surface area contributed by atoms with Gasteiger partial charge in [0.25, 0.3) is 11.8 Å². The summed E-state index contributed by atoms with van der Waals surface area (Å²) in [6, 6.07) is 12.6. The fraction of sp³-hybridized carbons (Fsp3) is 0.105. The maximum absolute atomic E-state index is 12.6. The highest BCUT2D eigenvalue weighted by atomic mass is 16.5. The van der Waals surface area contributed by atoms with Gasteiger partial charge in [-0.05, 0) is 17.7 Å². The predicted molar refractivity (Wildman–Crippen MR) is 90.3 cm³/mol. The van der Waals surface area contributed by atoms with Crippen LogP contribution in [0, 0.1) is 0 Å². The van der Waals surface area contributed by atoms with E-state index in [1.807, 2.05) is 37.4 Å². The number of aryl methyl sites for hydroxylation is 1. The van der Waals surface area contributed by atoms with Crippen LogP contribution in [-0.2, 0) is 18.4 Å². The van der Waals surface area contributed by atoms with Crippen molar-refractivity contribution in [1.29, 1.82) is 0 Å². The van der Waals surface area contributed by atoms with Crippen LogP contribution in [0.25, 0.3) is 10.9 Å². The van der Waals surface area contributed by atoms with Gasteiger partial charge in [-0.15, -0.1) is 0 Å². The largest absolute Gasteiger partial charge is 0.457 e. The molecular weight excluding hydrogens is 320 g/mol. The van der Waals surface area contributed by atoms with Gasteiger partial charge in [0.1, 0.15) is 6.61 Å². The first kappa shape index (κ1) is 15.1. The monoisotopic (exact) mass is 334 g/mol. The van der Waals surface area contributed by atoms with E-state index in [2.05, 4.69) is 5.32 Å². The summed E-state index contributed by atoms with van der Waals surface area (Å²) in [6.07, 6.45) is 1.78. The average Bonchev–Trinajstić information content (AvgIpc) is 3.13. The molecule has 4 rings (SSSR count). The zero-order chi connectivity index (χ0) is 17.6. The maximum Gasteiger partial charge on any atom is 0.339 e. The Balaban J connectivity index is 1.78. The van der Waals surface area contributed by atoms with E-state index in [0.717, 1.165) is 5.56 Å². The van der Waals surface area contributed by atoms with Crippen molar-refractivity contribution in [3.63, 3.8) is 0 Å². The number of aromatic nitrogens is 1. The lowest BCUT2D eigenvalue weighted by Crippen LogP contribution is -2.21. The van der Waals surface area contributed by atoms with E-state index in [1.165, 1.54) is 0 Å². The van der Waals surface area contributed by atoms with Crippen molar-refractivity contribution in [2.45, 2.75) is 6.61 Å². The van der Waals surface area contributed by atoms with E-state index in [9.17, 15) is 14.4 Å². The van der Waals surface area contributed by atoms with Crippen LogP contribution in [-0.4, -0.2) is 22.4 Å². The summed E-state index contributed by atoms with van der Waals surface area (Å²) in [7, 11) is 1.81. The second kappa shape index (κ2) is 5.59. The molecule has 2 amide bonds. The number of carbonyl (C=O) groups excluding carboxylic acids is 3. The van der Waals surface area contributed by atoms with Crippen LogP contribution in [0.2, 0.25) is 0 Å². The molecule has 6 nitrogen and oxygen atoms in total. The number of esters is 1. The van der Waals surface area contributed by atoms with Crippen LogP contribution in [0.15, 0.2) is 48.7 Å². The first-order valence-corrected chi connectivity index (χ1v) is 7.75. The Kier molecular flexibility index (Phi) is 3.39. The van der Waals surface area contributed by atoms with Crippen LogP contribution in [0.5, 0.6) is 0 Å². The molecule has 0 atom stereocenters. The SMILES string of the molecule is Cn1ccc2c3c(c(C(=O)OCc4ccccc4)cc21)C(=O)NC3=O. The van der Waals surface area contributed by atoms with E-state index in [0.29, 0.717) is 10.9 Å². The van der Waals surface area contributed by atoms with Crippen molar-refractivity contribution < 1.29 is 19.1 Å². The van der Waals surface area contributed by atoms with E-state index in [-0.39, 0.29) is 23.3 Å². The second-order valence-corrected chi connectivity index (χ2v) is 5.88. The fourth-order valence-corrected chi connectivity index (χ4v) is 3.07. The molecule has 6 heteroatoms. The maximum atomic E-state index is 12.6. The Morgan fingerprint density at radius 2 is 1.80 bits per heavy atom. The molecule has 1 N–H and O–H groups in total. The van der Waals surface area contributed by atoms with Crippen molar-refractivity contribution in [2.24, 2.45) is 7.05 Å². The summed E-state index contributed by atoms with van der Waals surface area (Å²) in [4.78, 5) is 36.9. The van der Waals surface area contributed by atoms with Gasteiger partial charge in [-0.25, -0.2) is 4.79 Å². The average molecular weight is 334 g/mol. The van der Waals surface area contributed by atoms with Gasteiger partial charge in [-0.3, -0.25) is 14.9 Å². The lowest BCUT2D eigenvalue weighted by molar-refractivity contribution is 0.0469. The molecule has 3 aromatic rings. The molecule has 0 bridgehead atoms. The van der Waals surface area contributed by atoms with Gasteiger partial charge in [0, 0.05) is 24.1 Å². The van der Waals surface area contributed by atoms with Crippen molar-refractivity contribution >= 4 is 28.7 Å². The van der Waals surface area contributed by atoms with Crippen molar-refractivity contribution in [3.8, 4) is 0 Å². The molecule has 0 saturated heterocycles. The number of amides is 2. The summed E-state index contributed by atoms with van der Waals surface area (Å²) >= 11 is 0. The van der Waals surface area contributed by atoms with Crippen LogP contribution in [0.4, 0.5) is 0 Å². The summed E-state index contributed by atoms with van der Waals surface area (Å²) in [5.41, 5.74) is 1.95. The van der Waals surface area contributed by atoms with Crippen molar-refractivity contribution in [2.75, 3.05) is 0 Å². The Labute approximate surface area is 143 Å². The molecule has 0 radical (unpaired) electrons. The molecule has 1 aromatic heterocycles. The van der Waals surface area contributed by atoms with Crippen molar-refractivity contribution in [1.82, 2.24) is 9.88 Å². The second-order valence-electron chi connectivity index (χ2n) is 5.88. The number of nitrogens with zero attached hydrogens (tertiary/aromatic N) is 1. The first-order valence-electron chi connectivity index (χ1n) is 7.75. The molecule has 0 unspecified atom stereocenters. The first-order chi connectivity index (χ1) is 12.1. The normalized spacial score (nSPS) is 13.0. The number of benzene rings is 2. The molecule has 0 aliphatic carbocycles. The van der Waals surface area contributed by atoms with Crippen LogP contribution < -0.4 is 5.32 Å². The predicted octanol–water partition coefficient (Wildman–Crippen LogP) is 2.42. The molecule has 1 aliphatic rings. The Bertz CT molecular complexity index is 1030. The van der Waals surface area contributed by atoms with Crippen LogP contribution in [0.3, 0.4) is 0 Å². The Hall–Kier alpha value is -3.41. The van der Waals surface area contributed by atoms with Crippen LogP contribution >= 0.6 is 0 Å². The molecule has 1 aliphatic heterocycles. The van der Waals surface area contributed by atoms with E-state index in [1.54, 1.807) is 22.9 Å². The van der Waals surface area contributed by atoms with E-state index >= 15 is 0 Å². The standard InChI is InChI=1S/C19H14N2O4/c1-21-8-7-12-14(21)9-13(16-15(12)17(22)20-18(16)23)19(24)25-10-11-5-3-2-4-6-11/h2-9H,10H2,1H3,(H,20,22,23). The highest BCUT2D eigenvalue weighted by molar-refractivity contribution is 6.29. The molecule has 25 heavy (non-hydrogen) atoms. The molecule has 2 heterocycles. The van der Waals surface area contributed by atoms with Gasteiger partial charge in [0.05, 0.1) is 16.7 Å². The highest BCUT2D eigenvalue weighted by Gasteiger charge is 2.35. The molecule has 124 valence electrons. The summed E-state index contributed by atoms with van der Waals surface area (Å²) in [6.45, 7) is 0.0924. The van der Waals surface area contributed by atoms with Gasteiger partial charge < -0.3 is 9.30 Å². The third-order valence-corrected chi connectivity index (χ3v) is 4.30. The Morgan fingerprint density at radius 3 is 2.56 bits per heavy atom. The fourth-order valence-electron chi connectivity index (χ4n) is 3.07. The lowest BCUT2D eigenvalue weighted by Gasteiger charge is -2.09. The zero-order valence-electron chi connectivity index (χ0n) is 13.4. The number of ether oxygens (including phenoxy) is 1. The minimum absolute atomic E-state index is 0.0850. The third-order valence-electron chi connectivity index (χ3n) is 4.30. The summed E-state index contributed by atoms with van der Waals surface area (Å²) < 4.78 is 7.14. The Morgan fingerprint density at radius 1 is 1.08 bits per heavy atom. The van der Waals surface area contributed by atoms with Crippen LogP contribution in [0.1, 0.15) is 36.6 Å². The van der Waals surface area contributed by atoms with Crippen molar-refractivity contribution in [3.05, 3.63) is 70.9 Å². The van der Waals surface area contributed by atoms with Gasteiger partial charge >= 0.3 is 5.97 Å². The molecule has 0 spiro atoms. The van der Waals surface area contributed by atoms with Gasteiger partial charge in [0.15, 0.2) is 0 Å². The smallest absolute Gasteiger partial charge is 0.339 e. The molecule has 0 saturated carbocycles. The number of fused-ring (bicyclic) bond motifs is 3. The van der Waals surface area contributed by atoms with E-state index in [4.69, 9.17) is 4.74 Å². The number of carbonyl (C=O) groups is 3. The number of hydrogen-bond acceptors (Lipinski definition) is 4. The lowest BCUT2D eigenvalue weighted by atomic mass is 9.99. The number of hydrogen-bond donors (Lipinski definition) is 1. The molecular formula is C19H14N2O4. The molecule has 0 fully saturated rings. The van der Waals surface area contributed by atoms with E-state index < -0.39 is 17.8 Å². The zero-order valence-corrected chi connectivity index (χ0v) is 13.4. The number of nitrogens with one attached hydrogen (secondary N) is 1. The van der Waals surface area contributed by atoms with Gasteiger partial charge in [-0.2, -0.15) is 0 Å². The molecule has 2 aromatic carbocycles. The quantitative estimate of drug-likeness (QED) is 0.589. The summed E-state index contributed by atoms with van der Waals surface area (Å²) in [5.74, 6) is -1.70. The number of imide groups is 1. The third kappa shape index (κ3) is 2.39. The minimum atomic E-state index is -0.631. The topological polar surface area (TPSA) is 77.4 Å². The summed E-state index contributed by atoms with van der Waals surface area (Å²) in [5, 5.41) is 2.90. The minimum Gasteiger partial charge on any atom is -0.457 e. The highest BCUT2D eigenvalue weighted by Crippen LogP contribution is 2.30. The number of rotatable bonds is 3. The van der Waals surface area contributed by atoms with Gasteiger partial charge in [0.2, 0.25) is 0 Å². The van der Waals surface area contributed by atoms with Gasteiger partial charge in [-0.1, -0.05) is 30.3 Å².